The number of hydrogen-bond donors (Lipinski definition) is 1. The third-order valence-electron chi connectivity index (χ3n) is 4.26. The van der Waals surface area contributed by atoms with Crippen LogP contribution >= 0.6 is 0 Å². The van der Waals surface area contributed by atoms with Gasteiger partial charge in [-0.25, -0.2) is 0 Å². The SMILES string of the molecule is C=CCCCCCCCCCCCCCCCCCC.N. The van der Waals surface area contributed by atoms with E-state index in [4.69, 9.17) is 0 Å². The van der Waals surface area contributed by atoms with E-state index in [2.05, 4.69) is 13.5 Å². The van der Waals surface area contributed by atoms with Gasteiger partial charge in [-0.05, 0) is 12.8 Å². The first-order valence-electron chi connectivity index (χ1n) is 9.52. The molecule has 1 nitrogen and oxygen atoms in total. The molecule has 0 aromatic rings. The molecular formula is C20H43N. The minimum absolute atomic E-state index is 0. The molecule has 0 aromatic heterocycles. The van der Waals surface area contributed by atoms with Gasteiger partial charge in [0, 0.05) is 0 Å². The fourth-order valence-corrected chi connectivity index (χ4v) is 2.84. The molecule has 0 atom stereocenters. The quantitative estimate of drug-likeness (QED) is 0.214. The Hall–Kier alpha value is -0.300. The van der Waals surface area contributed by atoms with Crippen LogP contribution in [0.3, 0.4) is 0 Å². The summed E-state index contributed by atoms with van der Waals surface area (Å²) in [5.41, 5.74) is 0. The van der Waals surface area contributed by atoms with Gasteiger partial charge in [0.1, 0.15) is 0 Å². The van der Waals surface area contributed by atoms with Crippen molar-refractivity contribution in [2.24, 2.45) is 0 Å². The van der Waals surface area contributed by atoms with Crippen LogP contribution in [-0.4, -0.2) is 0 Å². The van der Waals surface area contributed by atoms with Gasteiger partial charge in [-0.15, -0.1) is 6.58 Å². The second-order valence-electron chi connectivity index (χ2n) is 6.38. The maximum Gasteiger partial charge on any atom is -0.0353 e. The van der Waals surface area contributed by atoms with Crippen molar-refractivity contribution >= 4 is 0 Å². The van der Waals surface area contributed by atoms with E-state index < -0.39 is 0 Å². The molecule has 0 unspecified atom stereocenters. The lowest BCUT2D eigenvalue weighted by Crippen LogP contribution is -1.83. The lowest BCUT2D eigenvalue weighted by Gasteiger charge is -2.03. The molecule has 3 N–H and O–H groups in total. The Morgan fingerprint density at radius 2 is 0.810 bits per heavy atom. The van der Waals surface area contributed by atoms with Crippen molar-refractivity contribution in [3.8, 4) is 0 Å². The highest BCUT2D eigenvalue weighted by Crippen LogP contribution is 2.13. The summed E-state index contributed by atoms with van der Waals surface area (Å²) in [7, 11) is 0. The smallest absolute Gasteiger partial charge is 0.0353 e. The zero-order chi connectivity index (χ0) is 14.7. The minimum Gasteiger partial charge on any atom is -0.344 e. The predicted molar refractivity (Wildman–Crippen MR) is 99.4 cm³/mol. The number of unbranched alkanes of at least 4 members (excludes halogenated alkanes) is 16. The van der Waals surface area contributed by atoms with Crippen molar-refractivity contribution in [2.75, 3.05) is 0 Å². The van der Waals surface area contributed by atoms with E-state index in [1.165, 1.54) is 109 Å². The second kappa shape index (κ2) is 22.0. The summed E-state index contributed by atoms with van der Waals surface area (Å²) in [5.74, 6) is 0. The van der Waals surface area contributed by atoms with Gasteiger partial charge in [0.25, 0.3) is 0 Å². The Bertz CT molecular complexity index is 177. The number of allylic oxidation sites excluding steroid dienone is 1. The molecule has 0 amide bonds. The van der Waals surface area contributed by atoms with Crippen LogP contribution in [0.2, 0.25) is 0 Å². The van der Waals surface area contributed by atoms with E-state index in [0.29, 0.717) is 0 Å². The second-order valence-corrected chi connectivity index (χ2v) is 6.38. The average Bonchev–Trinajstić information content (AvgIpc) is 2.47. The molecule has 0 aliphatic heterocycles. The van der Waals surface area contributed by atoms with Crippen molar-refractivity contribution < 1.29 is 0 Å². The van der Waals surface area contributed by atoms with Gasteiger partial charge in [-0.2, -0.15) is 0 Å². The normalized spacial score (nSPS) is 10.3. The van der Waals surface area contributed by atoms with Crippen LogP contribution in [0.4, 0.5) is 0 Å². The van der Waals surface area contributed by atoms with Gasteiger partial charge in [-0.1, -0.05) is 109 Å². The molecule has 0 fully saturated rings. The molecule has 128 valence electrons. The van der Waals surface area contributed by atoms with Gasteiger partial charge in [0.15, 0.2) is 0 Å². The molecule has 0 saturated heterocycles. The van der Waals surface area contributed by atoms with E-state index in [9.17, 15) is 0 Å². The third-order valence-corrected chi connectivity index (χ3v) is 4.26. The molecule has 0 heterocycles. The molecule has 0 aliphatic rings. The van der Waals surface area contributed by atoms with Crippen molar-refractivity contribution in [3.63, 3.8) is 0 Å². The molecule has 21 heavy (non-hydrogen) atoms. The molecule has 1 heteroatoms. The molecule has 0 aliphatic carbocycles. The highest BCUT2D eigenvalue weighted by molar-refractivity contribution is 4.65. The van der Waals surface area contributed by atoms with E-state index in [0.717, 1.165) is 0 Å². The van der Waals surface area contributed by atoms with Crippen LogP contribution < -0.4 is 6.15 Å². The summed E-state index contributed by atoms with van der Waals surface area (Å²) in [5, 5.41) is 0. The Morgan fingerprint density at radius 1 is 0.524 bits per heavy atom. The topological polar surface area (TPSA) is 35.0 Å². The van der Waals surface area contributed by atoms with Crippen molar-refractivity contribution in [3.05, 3.63) is 12.7 Å². The molecule has 0 radical (unpaired) electrons. The zero-order valence-corrected chi connectivity index (χ0v) is 15.0. The maximum atomic E-state index is 3.77. The molecule has 0 bridgehead atoms. The lowest BCUT2D eigenvalue weighted by atomic mass is 10.0. The first-order chi connectivity index (χ1) is 9.91. The Labute approximate surface area is 135 Å². The van der Waals surface area contributed by atoms with Crippen LogP contribution in [-0.2, 0) is 0 Å². The largest absolute Gasteiger partial charge is 0.344 e. The average molecular weight is 298 g/mol. The summed E-state index contributed by atoms with van der Waals surface area (Å²) in [6.45, 7) is 6.06. The fourth-order valence-electron chi connectivity index (χ4n) is 2.84. The summed E-state index contributed by atoms with van der Waals surface area (Å²) in [6, 6.07) is 0. The van der Waals surface area contributed by atoms with E-state index in [-0.39, 0.29) is 6.15 Å². The van der Waals surface area contributed by atoms with Crippen LogP contribution in [0.15, 0.2) is 12.7 Å². The minimum atomic E-state index is 0. The van der Waals surface area contributed by atoms with E-state index in [1.54, 1.807) is 0 Å². The van der Waals surface area contributed by atoms with Crippen LogP contribution in [0.1, 0.15) is 116 Å². The van der Waals surface area contributed by atoms with Gasteiger partial charge in [-0.3, -0.25) is 0 Å². The molecule has 0 rings (SSSR count). The highest BCUT2D eigenvalue weighted by atomic mass is 14.0. The fraction of sp³-hybridized carbons (Fsp3) is 0.900. The van der Waals surface area contributed by atoms with Gasteiger partial charge in [0.05, 0.1) is 0 Å². The van der Waals surface area contributed by atoms with Crippen LogP contribution in [0.5, 0.6) is 0 Å². The van der Waals surface area contributed by atoms with Gasteiger partial charge >= 0.3 is 0 Å². The third kappa shape index (κ3) is 22.1. The molecular weight excluding hydrogens is 254 g/mol. The molecule has 0 aromatic carbocycles. The van der Waals surface area contributed by atoms with E-state index >= 15 is 0 Å². The maximum absolute atomic E-state index is 3.77. The number of hydrogen-bond acceptors (Lipinski definition) is 1. The van der Waals surface area contributed by atoms with E-state index in [1.807, 2.05) is 6.08 Å². The first kappa shape index (κ1) is 23.0. The van der Waals surface area contributed by atoms with Gasteiger partial charge < -0.3 is 6.15 Å². The molecule has 0 spiro atoms. The van der Waals surface area contributed by atoms with Crippen LogP contribution in [0.25, 0.3) is 0 Å². The first-order valence-corrected chi connectivity index (χ1v) is 9.52. The Morgan fingerprint density at radius 3 is 1.10 bits per heavy atom. The monoisotopic (exact) mass is 297 g/mol. The van der Waals surface area contributed by atoms with Gasteiger partial charge in [0.2, 0.25) is 0 Å². The molecule has 0 saturated carbocycles. The van der Waals surface area contributed by atoms with Crippen molar-refractivity contribution in [1.29, 1.82) is 0 Å². The summed E-state index contributed by atoms with van der Waals surface area (Å²) in [6.07, 6.45) is 26.4. The lowest BCUT2D eigenvalue weighted by molar-refractivity contribution is 0.530. The predicted octanol–water partition coefficient (Wildman–Crippen LogP) is 7.99. The zero-order valence-electron chi connectivity index (χ0n) is 15.0. The van der Waals surface area contributed by atoms with Crippen molar-refractivity contribution in [1.82, 2.24) is 6.15 Å². The summed E-state index contributed by atoms with van der Waals surface area (Å²) < 4.78 is 0. The Kier molecular flexibility index (Phi) is 24.1. The summed E-state index contributed by atoms with van der Waals surface area (Å²) >= 11 is 0. The summed E-state index contributed by atoms with van der Waals surface area (Å²) in [4.78, 5) is 0. The highest BCUT2D eigenvalue weighted by Gasteiger charge is 1.94. The standard InChI is InChI=1S/C20H40.H3N/c1-3-5-7-9-11-13-15-17-19-20-18-16-14-12-10-8-6-4-2;/h3H,1,4-20H2,2H3;1H3. The van der Waals surface area contributed by atoms with Crippen molar-refractivity contribution in [2.45, 2.75) is 116 Å². The Balaban J connectivity index is 0. The van der Waals surface area contributed by atoms with Crippen LogP contribution in [0, 0.1) is 0 Å². The number of rotatable bonds is 17.